The zero-order chi connectivity index (χ0) is 11.2. The first-order valence-corrected chi connectivity index (χ1v) is 6.93. The molecule has 0 spiro atoms. The summed E-state index contributed by atoms with van der Waals surface area (Å²) in [6, 6.07) is 0.937. The van der Waals surface area contributed by atoms with Crippen molar-refractivity contribution in [3.8, 4) is 0 Å². The van der Waals surface area contributed by atoms with Crippen LogP contribution in [0.3, 0.4) is 0 Å². The summed E-state index contributed by atoms with van der Waals surface area (Å²) in [6.07, 6.45) is 5.68. The number of nitrogens with zero attached hydrogens (tertiary/aromatic N) is 2. The van der Waals surface area contributed by atoms with E-state index < -0.39 is 0 Å². The average molecular weight is 223 g/mol. The maximum absolute atomic E-state index is 6.03. The zero-order valence-electron chi connectivity index (χ0n) is 10.5. The predicted molar refractivity (Wildman–Crippen MR) is 66.4 cm³/mol. The Labute approximate surface area is 99.0 Å². The molecule has 1 saturated heterocycles. The van der Waals surface area contributed by atoms with Gasteiger partial charge in [-0.25, -0.2) is 0 Å². The van der Waals surface area contributed by atoms with Crippen LogP contribution in [0, 0.1) is 5.92 Å². The molecular formula is C13H25N3. The molecule has 1 aliphatic heterocycles. The van der Waals surface area contributed by atoms with Gasteiger partial charge in [-0.1, -0.05) is 0 Å². The highest BCUT2D eigenvalue weighted by molar-refractivity contribution is 5.02. The molecular weight excluding hydrogens is 198 g/mol. The van der Waals surface area contributed by atoms with Crippen LogP contribution in [0.5, 0.6) is 0 Å². The van der Waals surface area contributed by atoms with E-state index in [0.717, 1.165) is 18.5 Å². The minimum atomic E-state index is 0.301. The Kier molecular flexibility index (Phi) is 2.73. The first kappa shape index (κ1) is 11.0. The number of hydrogen-bond donors (Lipinski definition) is 1. The molecule has 16 heavy (non-hydrogen) atoms. The van der Waals surface area contributed by atoms with Crippen molar-refractivity contribution in [2.45, 2.75) is 44.2 Å². The summed E-state index contributed by atoms with van der Waals surface area (Å²) in [5.41, 5.74) is 6.33. The quantitative estimate of drug-likeness (QED) is 0.768. The van der Waals surface area contributed by atoms with Crippen molar-refractivity contribution in [2.75, 3.05) is 32.7 Å². The first-order valence-electron chi connectivity index (χ1n) is 6.93. The second-order valence-corrected chi connectivity index (χ2v) is 6.09. The summed E-state index contributed by atoms with van der Waals surface area (Å²) in [7, 11) is 0. The predicted octanol–water partition coefficient (Wildman–Crippen LogP) is 0.894. The van der Waals surface area contributed by atoms with Gasteiger partial charge in [-0.3, -0.25) is 9.80 Å². The van der Waals surface area contributed by atoms with Crippen LogP contribution in [0.2, 0.25) is 0 Å². The maximum atomic E-state index is 6.03. The molecule has 3 aliphatic rings. The van der Waals surface area contributed by atoms with Gasteiger partial charge in [0, 0.05) is 44.3 Å². The Morgan fingerprint density at radius 1 is 1.06 bits per heavy atom. The average Bonchev–Trinajstić information content (AvgIpc) is 3.21. The van der Waals surface area contributed by atoms with E-state index in [-0.39, 0.29) is 0 Å². The molecule has 0 bridgehead atoms. The van der Waals surface area contributed by atoms with Crippen molar-refractivity contribution in [3.63, 3.8) is 0 Å². The molecule has 92 valence electrons. The van der Waals surface area contributed by atoms with Gasteiger partial charge in [0.2, 0.25) is 0 Å². The molecule has 2 saturated carbocycles. The molecule has 2 aliphatic carbocycles. The van der Waals surface area contributed by atoms with E-state index in [0.29, 0.717) is 5.54 Å². The van der Waals surface area contributed by atoms with Crippen molar-refractivity contribution < 1.29 is 0 Å². The molecule has 0 aromatic rings. The molecule has 3 nitrogen and oxygen atoms in total. The number of rotatable bonds is 4. The lowest BCUT2D eigenvalue weighted by molar-refractivity contribution is 0.0307. The van der Waals surface area contributed by atoms with Gasteiger partial charge in [-0.15, -0.1) is 0 Å². The molecule has 3 rings (SSSR count). The number of nitrogens with two attached hydrogens (primary N) is 1. The normalized spacial score (nSPS) is 32.6. The standard InChI is InChI=1S/C13H25N3/c1-13(10-14,11-2-3-11)16-8-6-15(7-9-16)12-4-5-12/h11-12H,2-10,14H2,1H3. The molecule has 1 atom stereocenters. The summed E-state index contributed by atoms with van der Waals surface area (Å²) in [6.45, 7) is 8.24. The smallest absolute Gasteiger partial charge is 0.0332 e. The summed E-state index contributed by atoms with van der Waals surface area (Å²) < 4.78 is 0. The summed E-state index contributed by atoms with van der Waals surface area (Å²) >= 11 is 0. The highest BCUT2D eigenvalue weighted by atomic mass is 15.3. The van der Waals surface area contributed by atoms with E-state index in [2.05, 4.69) is 16.7 Å². The van der Waals surface area contributed by atoms with Gasteiger partial charge in [-0.05, 0) is 38.5 Å². The molecule has 1 heterocycles. The van der Waals surface area contributed by atoms with Crippen LogP contribution < -0.4 is 5.73 Å². The fraction of sp³-hybridized carbons (Fsp3) is 1.00. The molecule has 0 aromatic carbocycles. The highest BCUT2D eigenvalue weighted by Crippen LogP contribution is 2.43. The first-order chi connectivity index (χ1) is 7.74. The molecule has 1 unspecified atom stereocenters. The highest BCUT2D eigenvalue weighted by Gasteiger charge is 2.45. The van der Waals surface area contributed by atoms with Crippen LogP contribution in [-0.2, 0) is 0 Å². The van der Waals surface area contributed by atoms with Crippen molar-refractivity contribution in [1.82, 2.24) is 9.80 Å². The van der Waals surface area contributed by atoms with Crippen LogP contribution in [0.15, 0.2) is 0 Å². The van der Waals surface area contributed by atoms with Gasteiger partial charge in [0.1, 0.15) is 0 Å². The van der Waals surface area contributed by atoms with E-state index in [1.54, 1.807) is 0 Å². The van der Waals surface area contributed by atoms with Crippen molar-refractivity contribution >= 4 is 0 Å². The molecule has 0 amide bonds. The van der Waals surface area contributed by atoms with Gasteiger partial charge >= 0.3 is 0 Å². The minimum Gasteiger partial charge on any atom is -0.329 e. The van der Waals surface area contributed by atoms with Gasteiger partial charge in [0.25, 0.3) is 0 Å². The Morgan fingerprint density at radius 3 is 2.12 bits per heavy atom. The lowest BCUT2D eigenvalue weighted by atomic mass is 9.92. The second-order valence-electron chi connectivity index (χ2n) is 6.09. The Morgan fingerprint density at radius 2 is 1.69 bits per heavy atom. The lowest BCUT2D eigenvalue weighted by Crippen LogP contribution is -2.60. The molecule has 3 fully saturated rings. The van der Waals surface area contributed by atoms with Crippen molar-refractivity contribution in [1.29, 1.82) is 0 Å². The van der Waals surface area contributed by atoms with Crippen LogP contribution in [0.4, 0.5) is 0 Å². The summed E-state index contributed by atoms with van der Waals surface area (Å²) in [5.74, 6) is 0.880. The van der Waals surface area contributed by atoms with Gasteiger partial charge in [0.15, 0.2) is 0 Å². The fourth-order valence-corrected chi connectivity index (χ4v) is 3.30. The van der Waals surface area contributed by atoms with Crippen molar-refractivity contribution in [3.05, 3.63) is 0 Å². The van der Waals surface area contributed by atoms with Crippen molar-refractivity contribution in [2.24, 2.45) is 11.7 Å². The van der Waals surface area contributed by atoms with Crippen LogP contribution in [-0.4, -0.2) is 54.1 Å². The molecule has 0 aromatic heterocycles. The minimum absolute atomic E-state index is 0.301. The second kappa shape index (κ2) is 3.97. The molecule has 3 heteroatoms. The zero-order valence-corrected chi connectivity index (χ0v) is 10.5. The topological polar surface area (TPSA) is 32.5 Å². The molecule has 0 radical (unpaired) electrons. The maximum Gasteiger partial charge on any atom is 0.0332 e. The third-order valence-electron chi connectivity index (χ3n) is 4.97. The molecule has 2 N–H and O–H groups in total. The monoisotopic (exact) mass is 223 g/mol. The van der Waals surface area contributed by atoms with E-state index in [1.807, 2.05) is 0 Å². The van der Waals surface area contributed by atoms with Gasteiger partial charge in [-0.2, -0.15) is 0 Å². The fourth-order valence-electron chi connectivity index (χ4n) is 3.30. The third kappa shape index (κ3) is 1.89. The SMILES string of the molecule is CC(CN)(C1CC1)N1CCN(C2CC2)CC1. The van der Waals surface area contributed by atoms with Crippen LogP contribution in [0.25, 0.3) is 0 Å². The van der Waals surface area contributed by atoms with Crippen LogP contribution >= 0.6 is 0 Å². The Bertz CT molecular complexity index is 252. The van der Waals surface area contributed by atoms with Crippen LogP contribution in [0.1, 0.15) is 32.6 Å². The van der Waals surface area contributed by atoms with E-state index in [9.17, 15) is 0 Å². The lowest BCUT2D eigenvalue weighted by Gasteiger charge is -2.46. The number of hydrogen-bond acceptors (Lipinski definition) is 3. The number of piperazine rings is 1. The Balaban J connectivity index is 1.58. The largest absolute Gasteiger partial charge is 0.329 e. The van der Waals surface area contributed by atoms with E-state index in [1.165, 1.54) is 51.9 Å². The summed E-state index contributed by atoms with van der Waals surface area (Å²) in [5, 5.41) is 0. The Hall–Kier alpha value is -0.120. The van der Waals surface area contributed by atoms with E-state index in [4.69, 9.17) is 5.73 Å². The van der Waals surface area contributed by atoms with Gasteiger partial charge < -0.3 is 5.73 Å². The third-order valence-corrected chi connectivity index (χ3v) is 4.97. The van der Waals surface area contributed by atoms with E-state index >= 15 is 0 Å². The van der Waals surface area contributed by atoms with Gasteiger partial charge in [0.05, 0.1) is 0 Å². The summed E-state index contributed by atoms with van der Waals surface area (Å²) in [4.78, 5) is 5.35.